The number of carbonyl (C=O) groups is 1. The number of aromatic nitrogens is 3. The highest BCUT2D eigenvalue weighted by atomic mass is 32.2. The molecular weight excluding hydrogens is 476 g/mol. The number of nitrogens with zero attached hydrogens (tertiary/aromatic N) is 4. The van der Waals surface area contributed by atoms with E-state index in [2.05, 4.69) is 21.3 Å². The van der Waals surface area contributed by atoms with Crippen LogP contribution >= 0.6 is 11.8 Å². The van der Waals surface area contributed by atoms with E-state index in [0.29, 0.717) is 5.16 Å². The number of nitrogens with two attached hydrogens (primary N) is 1. The highest BCUT2D eigenvalue weighted by Gasteiger charge is 2.43. The van der Waals surface area contributed by atoms with Gasteiger partial charge in [0.15, 0.2) is 0 Å². The van der Waals surface area contributed by atoms with Crippen LogP contribution in [0.2, 0.25) is 0 Å². The molecule has 9 nitrogen and oxygen atoms in total. The molecule has 1 aromatic heterocycles. The zero-order chi connectivity index (χ0) is 25.1. The smallest absolute Gasteiger partial charge is 0.253 e. The second kappa shape index (κ2) is 10.4. The topological polar surface area (TPSA) is 119 Å². The van der Waals surface area contributed by atoms with Gasteiger partial charge in [0.25, 0.3) is 5.91 Å². The van der Waals surface area contributed by atoms with Crippen molar-refractivity contribution in [2.75, 3.05) is 25.7 Å². The number of hydrazone groups is 1. The Morgan fingerprint density at radius 3 is 2.47 bits per heavy atom. The molecule has 3 N–H and O–H groups in total. The standard InChI is InChI=1S/C26H28N6O3S/c1-34-19-10-6-16(7-11-19)14-18-4-3-5-21-23(18)31-32(22(33)15-36-26-28-25(27)29-30-26)24(21)17-8-12-20(35-2)13-9-17/h6-14,21,24H,3-5,15H2,1-2H3,(H3,27,28,29,30)/b18-14-/t21-,24+/m1/s1. The minimum atomic E-state index is -0.184. The van der Waals surface area contributed by atoms with E-state index in [4.69, 9.17) is 20.3 Å². The van der Waals surface area contributed by atoms with Crippen molar-refractivity contribution in [2.24, 2.45) is 11.0 Å². The van der Waals surface area contributed by atoms with Gasteiger partial charge in [-0.2, -0.15) is 10.1 Å². The van der Waals surface area contributed by atoms with Crippen molar-refractivity contribution in [3.8, 4) is 11.5 Å². The fourth-order valence-corrected chi connectivity index (χ4v) is 5.42. The lowest BCUT2D eigenvalue weighted by Gasteiger charge is -2.29. The lowest BCUT2D eigenvalue weighted by molar-refractivity contribution is -0.130. The Morgan fingerprint density at radius 1 is 1.14 bits per heavy atom. The third-order valence-electron chi connectivity index (χ3n) is 6.48. The second-order valence-electron chi connectivity index (χ2n) is 8.67. The molecule has 36 heavy (non-hydrogen) atoms. The van der Waals surface area contributed by atoms with Crippen molar-refractivity contribution < 1.29 is 14.3 Å². The average Bonchev–Trinajstić information content (AvgIpc) is 3.52. The first-order valence-corrected chi connectivity index (χ1v) is 12.7. The molecule has 1 aliphatic carbocycles. The van der Waals surface area contributed by atoms with E-state index in [1.54, 1.807) is 19.2 Å². The zero-order valence-electron chi connectivity index (χ0n) is 20.2. The Morgan fingerprint density at radius 2 is 1.83 bits per heavy atom. The second-order valence-corrected chi connectivity index (χ2v) is 9.62. The molecule has 2 atom stereocenters. The summed E-state index contributed by atoms with van der Waals surface area (Å²) in [5.41, 5.74) is 9.88. The molecule has 2 heterocycles. The van der Waals surface area contributed by atoms with Crippen LogP contribution in [-0.4, -0.2) is 51.8 Å². The van der Waals surface area contributed by atoms with Gasteiger partial charge in [-0.1, -0.05) is 36.0 Å². The Bertz CT molecular complexity index is 1290. The number of benzene rings is 2. The number of rotatable bonds is 7. The van der Waals surface area contributed by atoms with Gasteiger partial charge < -0.3 is 15.2 Å². The molecule has 1 fully saturated rings. The molecule has 0 unspecified atom stereocenters. The predicted molar refractivity (Wildman–Crippen MR) is 140 cm³/mol. The summed E-state index contributed by atoms with van der Waals surface area (Å²) < 4.78 is 10.6. The Labute approximate surface area is 213 Å². The number of aromatic amines is 1. The molecule has 3 aromatic rings. The van der Waals surface area contributed by atoms with Crippen LogP contribution in [-0.2, 0) is 4.79 Å². The third kappa shape index (κ3) is 4.94. The van der Waals surface area contributed by atoms with E-state index >= 15 is 0 Å². The quantitative estimate of drug-likeness (QED) is 0.460. The molecule has 2 aliphatic rings. The van der Waals surface area contributed by atoms with E-state index in [-0.39, 0.29) is 29.6 Å². The van der Waals surface area contributed by atoms with Gasteiger partial charge >= 0.3 is 0 Å². The minimum Gasteiger partial charge on any atom is -0.497 e. The number of nitrogens with one attached hydrogen (secondary N) is 1. The number of ether oxygens (including phenoxy) is 2. The summed E-state index contributed by atoms with van der Waals surface area (Å²) in [6.07, 6.45) is 5.09. The molecule has 1 aliphatic heterocycles. The maximum absolute atomic E-state index is 13.5. The summed E-state index contributed by atoms with van der Waals surface area (Å²) >= 11 is 1.24. The monoisotopic (exact) mass is 504 g/mol. The SMILES string of the molecule is COc1ccc(/C=C2/CCC[C@@H]3C2=NN(C(=O)CSc2n[nH]c(N)n2)[C@H]3c2ccc(OC)cc2)cc1. The van der Waals surface area contributed by atoms with Gasteiger partial charge in [-0.25, -0.2) is 10.1 Å². The van der Waals surface area contributed by atoms with Gasteiger partial charge in [0.05, 0.1) is 31.7 Å². The fraction of sp³-hybridized carbons (Fsp3) is 0.308. The number of amides is 1. The normalized spacial score (nSPS) is 20.2. The molecular formula is C26H28N6O3S. The van der Waals surface area contributed by atoms with Gasteiger partial charge in [-0.15, -0.1) is 5.10 Å². The summed E-state index contributed by atoms with van der Waals surface area (Å²) in [5.74, 6) is 1.99. The first kappa shape index (κ1) is 23.9. The van der Waals surface area contributed by atoms with E-state index in [0.717, 1.165) is 47.6 Å². The van der Waals surface area contributed by atoms with Gasteiger partial charge in [0.2, 0.25) is 11.1 Å². The summed E-state index contributed by atoms with van der Waals surface area (Å²) in [7, 11) is 3.30. The molecule has 1 saturated carbocycles. The van der Waals surface area contributed by atoms with Gasteiger partial charge in [0, 0.05) is 5.92 Å². The Hall–Kier alpha value is -3.79. The molecule has 2 aromatic carbocycles. The number of allylic oxidation sites excluding steroid dienone is 1. The summed E-state index contributed by atoms with van der Waals surface area (Å²) in [6, 6.07) is 15.7. The van der Waals surface area contributed by atoms with Crippen molar-refractivity contribution in [1.82, 2.24) is 20.2 Å². The zero-order valence-corrected chi connectivity index (χ0v) is 21.0. The van der Waals surface area contributed by atoms with E-state index < -0.39 is 0 Å². The lowest BCUT2D eigenvalue weighted by Crippen LogP contribution is -2.32. The average molecular weight is 505 g/mol. The number of nitrogen functional groups attached to an aromatic ring is 1. The maximum Gasteiger partial charge on any atom is 0.253 e. The molecule has 0 radical (unpaired) electrons. The highest BCUT2D eigenvalue weighted by Crippen LogP contribution is 2.45. The van der Waals surface area contributed by atoms with Crippen LogP contribution in [0.5, 0.6) is 11.5 Å². The largest absolute Gasteiger partial charge is 0.497 e. The minimum absolute atomic E-state index is 0.102. The lowest BCUT2D eigenvalue weighted by atomic mass is 9.77. The van der Waals surface area contributed by atoms with Gasteiger partial charge in [-0.3, -0.25) is 4.79 Å². The Balaban J connectivity index is 1.46. The van der Waals surface area contributed by atoms with Crippen LogP contribution in [0.4, 0.5) is 5.95 Å². The summed E-state index contributed by atoms with van der Waals surface area (Å²) in [5, 5.41) is 13.6. The third-order valence-corrected chi connectivity index (χ3v) is 7.31. The van der Waals surface area contributed by atoms with Crippen molar-refractivity contribution in [1.29, 1.82) is 0 Å². The van der Waals surface area contributed by atoms with Crippen molar-refractivity contribution in [3.63, 3.8) is 0 Å². The molecule has 5 rings (SSSR count). The van der Waals surface area contributed by atoms with E-state index in [9.17, 15) is 4.79 Å². The van der Waals surface area contributed by atoms with Crippen LogP contribution in [0, 0.1) is 5.92 Å². The molecule has 186 valence electrons. The number of H-pyrrole nitrogens is 1. The molecule has 0 bridgehead atoms. The van der Waals surface area contributed by atoms with E-state index in [1.807, 2.05) is 48.5 Å². The summed E-state index contributed by atoms with van der Waals surface area (Å²) in [6.45, 7) is 0. The van der Waals surface area contributed by atoms with Gasteiger partial charge in [-0.05, 0) is 66.3 Å². The van der Waals surface area contributed by atoms with Crippen LogP contribution in [0.25, 0.3) is 6.08 Å². The molecule has 10 heteroatoms. The van der Waals surface area contributed by atoms with Crippen molar-refractivity contribution in [3.05, 3.63) is 65.2 Å². The number of hydrogen-bond donors (Lipinski definition) is 2. The van der Waals surface area contributed by atoms with Crippen molar-refractivity contribution >= 4 is 35.4 Å². The Kier molecular flexibility index (Phi) is 6.95. The van der Waals surface area contributed by atoms with Crippen LogP contribution in [0.3, 0.4) is 0 Å². The number of thioether (sulfide) groups is 1. The fourth-order valence-electron chi connectivity index (χ4n) is 4.76. The van der Waals surface area contributed by atoms with Gasteiger partial charge in [0.1, 0.15) is 11.5 Å². The van der Waals surface area contributed by atoms with Crippen LogP contribution in [0.15, 0.2) is 64.4 Å². The number of carbonyl (C=O) groups excluding carboxylic acids is 1. The number of hydrogen-bond acceptors (Lipinski definition) is 8. The maximum atomic E-state index is 13.5. The molecule has 0 saturated heterocycles. The number of anilines is 1. The van der Waals surface area contributed by atoms with Crippen molar-refractivity contribution in [2.45, 2.75) is 30.5 Å². The first-order chi connectivity index (χ1) is 17.6. The molecule has 0 spiro atoms. The van der Waals surface area contributed by atoms with E-state index in [1.165, 1.54) is 17.3 Å². The number of methoxy groups -OCH3 is 2. The summed E-state index contributed by atoms with van der Waals surface area (Å²) in [4.78, 5) is 17.5. The van der Waals surface area contributed by atoms with Crippen LogP contribution < -0.4 is 15.2 Å². The molecule has 1 amide bonds. The number of fused-ring (bicyclic) bond motifs is 1. The predicted octanol–water partition coefficient (Wildman–Crippen LogP) is 4.32. The first-order valence-electron chi connectivity index (χ1n) is 11.8. The highest BCUT2D eigenvalue weighted by molar-refractivity contribution is 7.99. The van der Waals surface area contributed by atoms with Crippen LogP contribution in [0.1, 0.15) is 36.4 Å².